The van der Waals surface area contributed by atoms with Crippen LogP contribution in [0, 0.1) is 23.7 Å². The summed E-state index contributed by atoms with van der Waals surface area (Å²) in [6.07, 6.45) is 12.3. The number of hydrogen-bond donors (Lipinski definition) is 0. The standard InChI is InChI=1S/C65H114O11Si3/c1-25-28-50-43(6)39-55-58(71-50)46(9)59(73-57(67)30-27-3)56(70-55)40-54-44(7)41(4)37-49(69-54)34-36-51-42(5)38-48(68-51)33-31-47(66)32-35-53(74-77(19,20)63(10,11)12)61-62(76-79(23,24)65(16,17)18)60(45(8)52(72-61)29-26-2)75-78(21,22)64(13,14)15/h26-27,32,35,41,43,45-46,48-56,58-62H,2-3,5,7,25,28-31,33-34,36-40H2,1,4,6,8-24H3/b35-32+/t41-,43-,45+,46+,48+,49+,50-,51?,52+,53+,54?,55+,56+,58+,59-,60+,61+,62+/m1/s1. The number of esters is 1. The number of ketones is 1. The second-order valence-electron chi connectivity index (χ2n) is 29.5. The molecule has 452 valence electrons. The van der Waals surface area contributed by atoms with Crippen molar-refractivity contribution in [2.45, 2.75) is 314 Å². The minimum absolute atomic E-state index is 0.0123. The highest BCUT2D eigenvalue weighted by atomic mass is 28.4. The lowest BCUT2D eigenvalue weighted by Gasteiger charge is -2.54. The molecule has 0 saturated carbocycles. The van der Waals surface area contributed by atoms with Gasteiger partial charge in [-0.2, -0.15) is 0 Å². The van der Waals surface area contributed by atoms with Gasteiger partial charge < -0.3 is 41.7 Å². The van der Waals surface area contributed by atoms with E-state index in [1.54, 1.807) is 12.2 Å². The van der Waals surface area contributed by atoms with Crippen LogP contribution in [-0.4, -0.2) is 122 Å². The summed E-state index contributed by atoms with van der Waals surface area (Å²) < 4.78 is 63.1. The largest absolute Gasteiger partial charge is 0.459 e. The third-order valence-electron chi connectivity index (χ3n) is 20.1. The zero-order valence-electron chi connectivity index (χ0n) is 53.5. The Bertz CT molecular complexity index is 2100. The fourth-order valence-corrected chi connectivity index (χ4v) is 15.6. The average Bonchev–Trinajstić information content (AvgIpc) is 3.74. The van der Waals surface area contributed by atoms with Crippen LogP contribution in [0.3, 0.4) is 0 Å². The Morgan fingerprint density at radius 2 is 1.28 bits per heavy atom. The maximum atomic E-state index is 14.2. The van der Waals surface area contributed by atoms with Crippen LogP contribution in [0.25, 0.3) is 0 Å². The number of rotatable bonds is 24. The lowest BCUT2D eigenvalue weighted by Crippen LogP contribution is -2.65. The number of allylic oxidation sites excluding steroid dienone is 1. The van der Waals surface area contributed by atoms with E-state index in [2.05, 4.69) is 163 Å². The minimum atomic E-state index is -2.44. The Balaban J connectivity index is 1.28. The van der Waals surface area contributed by atoms with Crippen molar-refractivity contribution in [1.82, 2.24) is 0 Å². The van der Waals surface area contributed by atoms with E-state index < -0.39 is 49.4 Å². The highest BCUT2D eigenvalue weighted by molar-refractivity contribution is 6.75. The van der Waals surface area contributed by atoms with Gasteiger partial charge in [-0.1, -0.05) is 135 Å². The van der Waals surface area contributed by atoms with Gasteiger partial charge in [-0.3, -0.25) is 9.59 Å². The lowest BCUT2D eigenvalue weighted by molar-refractivity contribution is -0.264. The summed E-state index contributed by atoms with van der Waals surface area (Å²) >= 11 is 0. The Morgan fingerprint density at radius 3 is 1.86 bits per heavy atom. The monoisotopic (exact) mass is 1150 g/mol. The molecule has 5 saturated heterocycles. The van der Waals surface area contributed by atoms with Gasteiger partial charge in [0.1, 0.15) is 12.2 Å². The maximum Gasteiger partial charge on any atom is 0.309 e. The quantitative estimate of drug-likeness (QED) is 0.0398. The Kier molecular flexibility index (Phi) is 23.6. The Hall–Kier alpha value is -1.83. The molecule has 14 heteroatoms. The summed E-state index contributed by atoms with van der Waals surface area (Å²) in [6, 6.07) is 0. The summed E-state index contributed by atoms with van der Waals surface area (Å²) in [4.78, 5) is 27.2. The van der Waals surface area contributed by atoms with Crippen molar-refractivity contribution in [3.05, 3.63) is 61.8 Å². The van der Waals surface area contributed by atoms with E-state index in [0.717, 1.165) is 49.7 Å². The second-order valence-corrected chi connectivity index (χ2v) is 43.7. The Labute approximate surface area is 484 Å². The molecule has 18 atom stereocenters. The molecule has 2 unspecified atom stereocenters. The molecule has 0 spiro atoms. The van der Waals surface area contributed by atoms with Crippen molar-refractivity contribution in [2.24, 2.45) is 23.7 Å². The maximum absolute atomic E-state index is 14.2. The van der Waals surface area contributed by atoms with Crippen molar-refractivity contribution < 1.29 is 51.3 Å². The lowest BCUT2D eigenvalue weighted by atomic mass is 9.78. The highest BCUT2D eigenvalue weighted by Crippen LogP contribution is 2.48. The van der Waals surface area contributed by atoms with Crippen LogP contribution >= 0.6 is 0 Å². The molecule has 5 aliphatic rings. The van der Waals surface area contributed by atoms with E-state index in [4.69, 9.17) is 41.7 Å². The topological polar surface area (TPSA) is 117 Å². The second kappa shape index (κ2) is 27.5. The fourth-order valence-electron chi connectivity index (χ4n) is 11.7. The van der Waals surface area contributed by atoms with Crippen LogP contribution in [0.2, 0.25) is 54.4 Å². The third kappa shape index (κ3) is 17.2. The highest BCUT2D eigenvalue weighted by Gasteiger charge is 2.56. The summed E-state index contributed by atoms with van der Waals surface area (Å²) in [6.45, 7) is 62.2. The predicted molar refractivity (Wildman–Crippen MR) is 330 cm³/mol. The van der Waals surface area contributed by atoms with Crippen LogP contribution in [0.4, 0.5) is 0 Å². The molecule has 5 fully saturated rings. The van der Waals surface area contributed by atoms with E-state index in [1.165, 1.54) is 0 Å². The first-order chi connectivity index (χ1) is 36.4. The molecule has 0 N–H and O–H groups in total. The molecule has 5 aliphatic heterocycles. The molecule has 0 aliphatic carbocycles. The molecule has 0 aromatic carbocycles. The fraction of sp³-hybridized carbons (Fsp3) is 0.815. The van der Waals surface area contributed by atoms with Crippen molar-refractivity contribution in [2.75, 3.05) is 0 Å². The first-order valence-corrected chi connectivity index (χ1v) is 39.5. The molecular formula is C65H114O11Si3. The normalized spacial score (nSPS) is 34.8. The van der Waals surface area contributed by atoms with E-state index in [-0.39, 0.29) is 112 Å². The molecular weight excluding hydrogens is 1040 g/mol. The summed E-state index contributed by atoms with van der Waals surface area (Å²) in [7, 11) is -7.15. The van der Waals surface area contributed by atoms with Crippen molar-refractivity contribution >= 4 is 36.7 Å². The number of carbonyl (C=O) groups excluding carboxylic acids is 2. The van der Waals surface area contributed by atoms with Gasteiger partial charge in [-0.25, -0.2) is 0 Å². The predicted octanol–water partition coefficient (Wildman–Crippen LogP) is 15.8. The van der Waals surface area contributed by atoms with Crippen molar-refractivity contribution in [3.63, 3.8) is 0 Å². The van der Waals surface area contributed by atoms with Gasteiger partial charge in [-0.05, 0) is 135 Å². The van der Waals surface area contributed by atoms with Gasteiger partial charge in [0.25, 0.3) is 0 Å². The van der Waals surface area contributed by atoms with E-state index in [0.29, 0.717) is 38.0 Å². The van der Waals surface area contributed by atoms with Gasteiger partial charge in [0.05, 0.1) is 79.7 Å². The van der Waals surface area contributed by atoms with Crippen molar-refractivity contribution in [3.8, 4) is 0 Å². The number of carbonyl (C=O) groups is 2. The number of hydrogen-bond acceptors (Lipinski definition) is 11. The molecule has 0 aromatic heterocycles. The summed E-state index contributed by atoms with van der Waals surface area (Å²) in [5, 5.41) is -0.190. The molecule has 11 nitrogen and oxygen atoms in total. The summed E-state index contributed by atoms with van der Waals surface area (Å²) in [5.41, 5.74) is 2.12. The number of fused-ring (bicyclic) bond motifs is 1. The van der Waals surface area contributed by atoms with Crippen molar-refractivity contribution in [1.29, 1.82) is 0 Å². The molecule has 5 rings (SSSR count). The third-order valence-corrected chi connectivity index (χ3v) is 33.5. The average molecular weight is 1160 g/mol. The van der Waals surface area contributed by atoms with Gasteiger partial charge >= 0.3 is 5.97 Å². The zero-order chi connectivity index (χ0) is 59.4. The molecule has 0 radical (unpaired) electrons. The SMILES string of the molecule is C=CCC(=O)O[C@@H]1[C@@H](C)[C@@H]2O[C@H](CCC)[C@H](C)C[C@@H]2O[C@H]1CC1O[C@@H](CCC2O[C@@H](CCC(=O)/C=C/[C@H](O[Si](C)(C)C(C)(C)C)[C@@H]3O[C@@H](CC=C)[C@H](C)[C@H](O[Si](C)(C)C(C)(C)C)[C@@H]3O[Si](C)(C)C(C)(C)C)CC2=C)C[C@@H](C)C1=C. The Morgan fingerprint density at radius 1 is 0.671 bits per heavy atom. The first kappa shape index (κ1) is 68.0. The van der Waals surface area contributed by atoms with Crippen LogP contribution in [-0.2, 0) is 51.3 Å². The van der Waals surface area contributed by atoms with Gasteiger partial charge in [0, 0.05) is 24.7 Å². The van der Waals surface area contributed by atoms with E-state index >= 15 is 0 Å². The van der Waals surface area contributed by atoms with E-state index in [9.17, 15) is 9.59 Å². The molecule has 0 bridgehead atoms. The first-order valence-electron chi connectivity index (χ1n) is 30.7. The van der Waals surface area contributed by atoms with E-state index in [1.807, 2.05) is 12.2 Å². The van der Waals surface area contributed by atoms with Crippen LogP contribution in [0.1, 0.15) is 174 Å². The molecule has 79 heavy (non-hydrogen) atoms. The van der Waals surface area contributed by atoms with Crippen LogP contribution in [0.15, 0.2) is 61.8 Å². The zero-order valence-corrected chi connectivity index (χ0v) is 56.5. The van der Waals surface area contributed by atoms with Gasteiger partial charge in [-0.15, -0.1) is 13.2 Å². The molecule has 5 heterocycles. The molecule has 0 amide bonds. The van der Waals surface area contributed by atoms with Crippen LogP contribution < -0.4 is 0 Å². The smallest absolute Gasteiger partial charge is 0.309 e. The minimum Gasteiger partial charge on any atom is -0.459 e. The number of ether oxygens (including phenoxy) is 6. The molecule has 0 aromatic rings. The van der Waals surface area contributed by atoms with Gasteiger partial charge in [0.15, 0.2) is 30.7 Å². The van der Waals surface area contributed by atoms with Gasteiger partial charge in [0.2, 0.25) is 0 Å². The summed E-state index contributed by atoms with van der Waals surface area (Å²) in [5.74, 6) is 0.319. The van der Waals surface area contributed by atoms with Crippen LogP contribution in [0.5, 0.6) is 0 Å².